The molecule has 0 amide bonds. The predicted octanol–water partition coefficient (Wildman–Crippen LogP) is 10.5. The molecule has 1 aliphatic heterocycles. The van der Waals surface area contributed by atoms with Crippen LogP contribution in [0, 0.1) is 0 Å². The van der Waals surface area contributed by atoms with Crippen molar-refractivity contribution in [3.8, 4) is 22.6 Å². The molecule has 0 radical (unpaired) electrons. The van der Waals surface area contributed by atoms with Gasteiger partial charge in [0.05, 0.1) is 6.61 Å². The highest BCUT2D eigenvalue weighted by atomic mass is 16.5. The van der Waals surface area contributed by atoms with Crippen molar-refractivity contribution in [2.24, 2.45) is 0 Å². The first kappa shape index (κ1) is 26.6. The smallest absolute Gasteiger partial charge is 0.178 e. The Kier molecular flexibility index (Phi) is 6.66. The zero-order chi connectivity index (χ0) is 28.7. The summed E-state index contributed by atoms with van der Waals surface area (Å²) in [4.78, 5) is 0. The van der Waals surface area contributed by atoms with Crippen LogP contribution in [0.1, 0.15) is 74.3 Å². The lowest BCUT2D eigenvalue weighted by atomic mass is 9.77. The van der Waals surface area contributed by atoms with Gasteiger partial charge >= 0.3 is 0 Å². The van der Waals surface area contributed by atoms with Crippen LogP contribution in [0.15, 0.2) is 109 Å². The minimum atomic E-state index is -0.763. The van der Waals surface area contributed by atoms with Crippen molar-refractivity contribution in [2.45, 2.75) is 57.5 Å². The lowest BCUT2D eigenvalue weighted by Crippen LogP contribution is -2.35. The zero-order valence-corrected chi connectivity index (χ0v) is 24.8. The third kappa shape index (κ3) is 4.16. The van der Waals surface area contributed by atoms with Crippen LogP contribution in [0.2, 0.25) is 0 Å². The molecular weight excluding hydrogens is 512 g/mol. The maximum atomic E-state index is 7.36. The van der Waals surface area contributed by atoms with Crippen LogP contribution >= 0.6 is 0 Å². The molecule has 0 N–H and O–H groups in total. The summed E-state index contributed by atoms with van der Waals surface area (Å²) in [5.41, 5.74) is 7.86. The third-order valence-electron chi connectivity index (χ3n) is 9.20. The summed E-state index contributed by atoms with van der Waals surface area (Å²) in [6, 6.07) is 36.7. The number of hydrogen-bond donors (Lipinski definition) is 0. The Hall–Kier alpha value is -4.30. The van der Waals surface area contributed by atoms with Gasteiger partial charge in [0, 0.05) is 27.5 Å². The van der Waals surface area contributed by atoms with E-state index in [0.717, 1.165) is 41.0 Å². The fourth-order valence-corrected chi connectivity index (χ4v) is 7.08. The number of ether oxygens (including phenoxy) is 2. The molecule has 0 spiro atoms. The van der Waals surface area contributed by atoms with Gasteiger partial charge in [-0.3, -0.25) is 0 Å². The Morgan fingerprint density at radius 3 is 2.17 bits per heavy atom. The molecule has 0 bridgehead atoms. The Labute approximate surface area is 249 Å². The van der Waals surface area contributed by atoms with E-state index in [1.54, 1.807) is 0 Å². The second-order valence-electron chi connectivity index (χ2n) is 12.2. The fourth-order valence-electron chi connectivity index (χ4n) is 7.08. The van der Waals surface area contributed by atoms with Crippen LogP contribution in [0.5, 0.6) is 11.5 Å². The van der Waals surface area contributed by atoms with Crippen LogP contribution in [-0.4, -0.2) is 6.61 Å². The quantitative estimate of drug-likeness (QED) is 0.179. The van der Waals surface area contributed by atoms with Crippen LogP contribution in [0.3, 0.4) is 0 Å². The molecule has 5 aromatic carbocycles. The summed E-state index contributed by atoms with van der Waals surface area (Å²) < 4.78 is 13.5. The van der Waals surface area contributed by atoms with Gasteiger partial charge in [0.25, 0.3) is 0 Å². The molecule has 0 aromatic heterocycles. The maximum absolute atomic E-state index is 7.36. The van der Waals surface area contributed by atoms with Gasteiger partial charge in [-0.25, -0.2) is 0 Å². The highest BCUT2D eigenvalue weighted by Crippen LogP contribution is 2.57. The average molecular weight is 551 g/mol. The molecular formula is C40H38O2. The monoisotopic (exact) mass is 550 g/mol. The van der Waals surface area contributed by atoms with Crippen molar-refractivity contribution in [1.82, 2.24) is 0 Å². The lowest BCUT2D eigenvalue weighted by molar-refractivity contribution is 0.163. The average Bonchev–Trinajstić information content (AvgIpc) is 3.28. The first-order valence-electron chi connectivity index (χ1n) is 15.4. The Morgan fingerprint density at radius 2 is 1.38 bits per heavy atom. The number of rotatable bonds is 8. The SMILES string of the molecule is CCCCCCOc1ccc(C2(c3ccccc3)C=Cc3c4c(c5ccccc5c3O2)-c2ccccc2C4(C)C)cc1. The van der Waals surface area contributed by atoms with Gasteiger partial charge in [-0.1, -0.05) is 137 Å². The van der Waals surface area contributed by atoms with E-state index in [1.165, 1.54) is 52.5 Å². The highest BCUT2D eigenvalue weighted by Gasteiger charge is 2.44. The van der Waals surface area contributed by atoms with Crippen LogP contribution in [0.25, 0.3) is 28.0 Å². The molecule has 2 nitrogen and oxygen atoms in total. The van der Waals surface area contributed by atoms with Crippen molar-refractivity contribution in [2.75, 3.05) is 6.61 Å². The number of unbranched alkanes of at least 4 members (excludes halogenated alkanes) is 3. The topological polar surface area (TPSA) is 18.5 Å². The van der Waals surface area contributed by atoms with Crippen molar-refractivity contribution >= 4 is 16.8 Å². The summed E-state index contributed by atoms with van der Waals surface area (Å²) in [6.45, 7) is 7.68. The van der Waals surface area contributed by atoms with E-state index in [0.29, 0.717) is 0 Å². The predicted molar refractivity (Wildman–Crippen MR) is 174 cm³/mol. The summed E-state index contributed by atoms with van der Waals surface area (Å²) >= 11 is 0. The Bertz CT molecular complexity index is 1780. The van der Waals surface area contributed by atoms with Gasteiger partial charge in [-0.05, 0) is 52.3 Å². The molecule has 0 fully saturated rings. The van der Waals surface area contributed by atoms with Gasteiger partial charge in [-0.15, -0.1) is 0 Å². The van der Waals surface area contributed by atoms with Crippen molar-refractivity contribution < 1.29 is 9.47 Å². The van der Waals surface area contributed by atoms with Gasteiger partial charge in [-0.2, -0.15) is 0 Å². The van der Waals surface area contributed by atoms with E-state index >= 15 is 0 Å². The summed E-state index contributed by atoms with van der Waals surface area (Å²) in [7, 11) is 0. The maximum Gasteiger partial charge on any atom is 0.178 e. The molecule has 1 atom stereocenters. The summed E-state index contributed by atoms with van der Waals surface area (Å²) in [6.07, 6.45) is 9.37. The summed E-state index contributed by atoms with van der Waals surface area (Å²) in [5.74, 6) is 1.86. The van der Waals surface area contributed by atoms with E-state index in [2.05, 4.69) is 136 Å². The standard InChI is InChI=1S/C40H38O2/c1-4-5-6-14-27-41-30-23-21-29(22-24-30)40(28-15-8-7-9-16-28)26-25-34-37-36(31-17-10-11-18-32(31)38(34)42-40)33-19-12-13-20-35(33)39(37,2)3/h7-13,15-26H,4-6,14,27H2,1-3H3. The molecule has 1 unspecified atom stereocenters. The highest BCUT2D eigenvalue weighted by molar-refractivity contribution is 6.08. The van der Waals surface area contributed by atoms with E-state index in [-0.39, 0.29) is 5.41 Å². The minimum Gasteiger partial charge on any atom is -0.494 e. The molecule has 5 aromatic rings. The van der Waals surface area contributed by atoms with E-state index < -0.39 is 5.60 Å². The number of hydrogen-bond acceptors (Lipinski definition) is 2. The normalized spacial score (nSPS) is 17.8. The van der Waals surface area contributed by atoms with Crippen molar-refractivity contribution in [3.05, 3.63) is 137 Å². The molecule has 1 heterocycles. The minimum absolute atomic E-state index is 0.142. The van der Waals surface area contributed by atoms with Crippen molar-refractivity contribution in [3.63, 3.8) is 0 Å². The largest absolute Gasteiger partial charge is 0.494 e. The first-order valence-corrected chi connectivity index (χ1v) is 15.4. The Morgan fingerprint density at radius 1 is 0.690 bits per heavy atom. The second kappa shape index (κ2) is 10.5. The van der Waals surface area contributed by atoms with Crippen LogP contribution in [0.4, 0.5) is 0 Å². The molecule has 210 valence electrons. The first-order chi connectivity index (χ1) is 20.5. The summed E-state index contributed by atoms with van der Waals surface area (Å²) in [5, 5.41) is 2.39. The molecule has 1 aliphatic carbocycles. The van der Waals surface area contributed by atoms with Gasteiger partial charge in [0.15, 0.2) is 5.60 Å². The molecule has 7 rings (SSSR count). The Balaban J connectivity index is 1.37. The molecule has 2 aliphatic rings. The molecule has 0 saturated carbocycles. The van der Waals surface area contributed by atoms with Gasteiger partial charge in [0.1, 0.15) is 11.5 Å². The van der Waals surface area contributed by atoms with E-state index in [1.807, 2.05) is 0 Å². The van der Waals surface area contributed by atoms with E-state index in [4.69, 9.17) is 9.47 Å². The molecule has 0 saturated heterocycles. The second-order valence-corrected chi connectivity index (χ2v) is 12.2. The number of fused-ring (bicyclic) bond motifs is 8. The van der Waals surface area contributed by atoms with Crippen molar-refractivity contribution in [1.29, 1.82) is 0 Å². The van der Waals surface area contributed by atoms with Crippen LogP contribution < -0.4 is 9.47 Å². The van der Waals surface area contributed by atoms with Gasteiger partial charge in [0.2, 0.25) is 0 Å². The van der Waals surface area contributed by atoms with Crippen LogP contribution in [-0.2, 0) is 11.0 Å². The van der Waals surface area contributed by atoms with E-state index in [9.17, 15) is 0 Å². The fraction of sp³-hybridized carbons (Fsp3) is 0.250. The number of benzene rings is 5. The lowest BCUT2D eigenvalue weighted by Gasteiger charge is -2.38. The van der Waals surface area contributed by atoms with Gasteiger partial charge < -0.3 is 9.47 Å². The molecule has 2 heteroatoms. The molecule has 42 heavy (non-hydrogen) atoms. The third-order valence-corrected chi connectivity index (χ3v) is 9.20. The zero-order valence-electron chi connectivity index (χ0n) is 24.8.